The molecule has 6 heteroatoms. The number of carbonyl (C=O) groups is 1. The van der Waals surface area contributed by atoms with Crippen molar-refractivity contribution in [2.45, 2.75) is 26.8 Å². The van der Waals surface area contributed by atoms with Crippen LogP contribution >= 0.6 is 0 Å². The molecule has 1 aliphatic heterocycles. The molecule has 2 amide bonds. The molecular formula is C18H26N4O2. The van der Waals surface area contributed by atoms with E-state index in [0.717, 1.165) is 56.1 Å². The molecule has 0 atom stereocenters. The second-order valence-corrected chi connectivity index (χ2v) is 6.75. The van der Waals surface area contributed by atoms with Gasteiger partial charge in [0, 0.05) is 32.7 Å². The summed E-state index contributed by atoms with van der Waals surface area (Å²) in [5.41, 5.74) is 1.73. The number of rotatable bonds is 5. The Morgan fingerprint density at radius 2 is 2.00 bits per heavy atom. The van der Waals surface area contributed by atoms with E-state index in [1.54, 1.807) is 0 Å². The Morgan fingerprint density at radius 1 is 1.25 bits per heavy atom. The number of oxazole rings is 1. The van der Waals surface area contributed by atoms with Crippen molar-refractivity contribution in [1.29, 1.82) is 0 Å². The Kier molecular flexibility index (Phi) is 5.35. The monoisotopic (exact) mass is 330 g/mol. The minimum atomic E-state index is 0.0529. The van der Waals surface area contributed by atoms with Crippen molar-refractivity contribution in [2.75, 3.05) is 32.7 Å². The number of hydrogen-bond acceptors (Lipinski definition) is 4. The molecule has 2 aromatic rings. The van der Waals surface area contributed by atoms with E-state index in [1.807, 2.05) is 29.2 Å². The van der Waals surface area contributed by atoms with Gasteiger partial charge >= 0.3 is 6.03 Å². The lowest BCUT2D eigenvalue weighted by atomic mass is 10.1. The molecule has 1 aromatic carbocycles. The van der Waals surface area contributed by atoms with E-state index < -0.39 is 0 Å². The first kappa shape index (κ1) is 16.8. The first-order valence-electron chi connectivity index (χ1n) is 8.71. The van der Waals surface area contributed by atoms with Crippen LogP contribution in [0.3, 0.4) is 0 Å². The maximum Gasteiger partial charge on any atom is 0.317 e. The number of hydrogen-bond donors (Lipinski definition) is 1. The van der Waals surface area contributed by atoms with E-state index >= 15 is 0 Å². The Balaban J connectivity index is 1.45. The van der Waals surface area contributed by atoms with Crippen LogP contribution in [-0.4, -0.2) is 53.5 Å². The summed E-state index contributed by atoms with van der Waals surface area (Å²) in [4.78, 5) is 20.8. The van der Waals surface area contributed by atoms with Crippen molar-refractivity contribution in [2.24, 2.45) is 5.92 Å². The summed E-state index contributed by atoms with van der Waals surface area (Å²) in [6.07, 6.45) is 1.02. The molecule has 1 aromatic heterocycles. The molecule has 6 nitrogen and oxygen atoms in total. The van der Waals surface area contributed by atoms with Gasteiger partial charge in [0.1, 0.15) is 5.52 Å². The van der Waals surface area contributed by atoms with Crippen LogP contribution in [0.4, 0.5) is 4.79 Å². The summed E-state index contributed by atoms with van der Waals surface area (Å²) in [5.74, 6) is 1.35. The van der Waals surface area contributed by atoms with Crippen LogP contribution < -0.4 is 5.32 Å². The van der Waals surface area contributed by atoms with Gasteiger partial charge < -0.3 is 14.6 Å². The normalized spacial score (nSPS) is 16.0. The first-order valence-corrected chi connectivity index (χ1v) is 8.71. The highest BCUT2D eigenvalue weighted by Gasteiger charge is 2.22. The zero-order valence-corrected chi connectivity index (χ0v) is 14.5. The molecule has 2 heterocycles. The molecule has 0 spiro atoms. The third kappa shape index (κ3) is 4.26. The van der Waals surface area contributed by atoms with E-state index in [-0.39, 0.29) is 6.03 Å². The largest absolute Gasteiger partial charge is 0.439 e. The van der Waals surface area contributed by atoms with Crippen molar-refractivity contribution >= 4 is 17.1 Å². The molecule has 1 fully saturated rings. The lowest BCUT2D eigenvalue weighted by molar-refractivity contribution is 0.129. The van der Waals surface area contributed by atoms with Crippen molar-refractivity contribution in [3.63, 3.8) is 0 Å². The van der Waals surface area contributed by atoms with Gasteiger partial charge in [0.2, 0.25) is 5.89 Å². The highest BCUT2D eigenvalue weighted by atomic mass is 16.3. The second kappa shape index (κ2) is 7.66. The molecule has 1 aliphatic rings. The van der Waals surface area contributed by atoms with Crippen LogP contribution in [0.15, 0.2) is 28.7 Å². The van der Waals surface area contributed by atoms with Crippen LogP contribution in [0.1, 0.15) is 26.2 Å². The van der Waals surface area contributed by atoms with E-state index in [4.69, 9.17) is 4.42 Å². The molecule has 0 bridgehead atoms. The van der Waals surface area contributed by atoms with Crippen LogP contribution in [0, 0.1) is 5.92 Å². The standard InChI is InChI=1S/C18H26N4O2/c1-14(2)7-8-19-18(23)22-11-9-21(10-12-22)13-17-20-15-5-3-4-6-16(15)24-17/h3-6,14H,7-13H2,1-2H3,(H,19,23). The maximum absolute atomic E-state index is 12.1. The number of para-hydroxylation sites is 2. The number of benzene rings is 1. The topological polar surface area (TPSA) is 61.6 Å². The third-order valence-corrected chi connectivity index (χ3v) is 4.35. The number of fused-ring (bicyclic) bond motifs is 1. The van der Waals surface area contributed by atoms with Gasteiger partial charge in [0.05, 0.1) is 6.54 Å². The number of piperazine rings is 1. The second-order valence-electron chi connectivity index (χ2n) is 6.75. The third-order valence-electron chi connectivity index (χ3n) is 4.35. The van der Waals surface area contributed by atoms with Gasteiger partial charge in [0.25, 0.3) is 0 Å². The van der Waals surface area contributed by atoms with Crippen LogP contribution in [0.25, 0.3) is 11.1 Å². The number of carbonyl (C=O) groups excluding carboxylic acids is 1. The quantitative estimate of drug-likeness (QED) is 0.915. The number of aromatic nitrogens is 1. The molecule has 0 radical (unpaired) electrons. The lowest BCUT2D eigenvalue weighted by Gasteiger charge is -2.34. The van der Waals surface area contributed by atoms with Crippen LogP contribution in [-0.2, 0) is 6.54 Å². The number of urea groups is 1. The Labute approximate surface area is 142 Å². The van der Waals surface area contributed by atoms with Gasteiger partial charge in [-0.15, -0.1) is 0 Å². The Morgan fingerprint density at radius 3 is 2.71 bits per heavy atom. The Bertz CT molecular complexity index is 641. The van der Waals surface area contributed by atoms with Crippen molar-refractivity contribution in [1.82, 2.24) is 20.1 Å². The van der Waals surface area contributed by atoms with E-state index in [2.05, 4.69) is 29.0 Å². The summed E-state index contributed by atoms with van der Waals surface area (Å²) >= 11 is 0. The number of nitrogens with zero attached hydrogens (tertiary/aromatic N) is 3. The fourth-order valence-electron chi connectivity index (χ4n) is 2.87. The fraction of sp³-hybridized carbons (Fsp3) is 0.556. The van der Waals surface area contributed by atoms with E-state index in [0.29, 0.717) is 12.5 Å². The average Bonchev–Trinajstić information content (AvgIpc) is 2.97. The van der Waals surface area contributed by atoms with E-state index in [9.17, 15) is 4.79 Å². The number of nitrogens with one attached hydrogen (secondary N) is 1. The molecular weight excluding hydrogens is 304 g/mol. The lowest BCUT2D eigenvalue weighted by Crippen LogP contribution is -2.51. The summed E-state index contributed by atoms with van der Waals surface area (Å²) in [7, 11) is 0. The van der Waals surface area contributed by atoms with Crippen LogP contribution in [0.5, 0.6) is 0 Å². The molecule has 3 rings (SSSR count). The highest BCUT2D eigenvalue weighted by Crippen LogP contribution is 2.16. The van der Waals surface area contributed by atoms with Gasteiger partial charge in [-0.2, -0.15) is 0 Å². The smallest absolute Gasteiger partial charge is 0.317 e. The molecule has 0 aliphatic carbocycles. The molecule has 24 heavy (non-hydrogen) atoms. The zero-order valence-electron chi connectivity index (χ0n) is 14.5. The van der Waals surface area contributed by atoms with Crippen molar-refractivity contribution < 1.29 is 9.21 Å². The molecule has 0 saturated carbocycles. The first-order chi connectivity index (χ1) is 11.6. The maximum atomic E-state index is 12.1. The minimum absolute atomic E-state index is 0.0529. The summed E-state index contributed by atoms with van der Waals surface area (Å²) < 4.78 is 5.77. The average molecular weight is 330 g/mol. The Hall–Kier alpha value is -2.08. The summed E-state index contributed by atoms with van der Waals surface area (Å²) in [6.45, 7) is 8.94. The van der Waals surface area contributed by atoms with Crippen LogP contribution in [0.2, 0.25) is 0 Å². The fourth-order valence-corrected chi connectivity index (χ4v) is 2.87. The van der Waals surface area contributed by atoms with Crippen molar-refractivity contribution in [3.8, 4) is 0 Å². The zero-order chi connectivity index (χ0) is 16.9. The molecule has 1 N–H and O–H groups in total. The number of amides is 2. The summed E-state index contributed by atoms with van der Waals surface area (Å²) in [5, 5.41) is 3.00. The van der Waals surface area contributed by atoms with Gasteiger partial charge in [-0.3, -0.25) is 4.90 Å². The predicted molar refractivity (Wildman–Crippen MR) is 93.7 cm³/mol. The minimum Gasteiger partial charge on any atom is -0.439 e. The van der Waals surface area contributed by atoms with Gasteiger partial charge in [0.15, 0.2) is 5.58 Å². The van der Waals surface area contributed by atoms with Crippen molar-refractivity contribution in [3.05, 3.63) is 30.2 Å². The predicted octanol–water partition coefficient (Wildman–Crippen LogP) is 2.70. The van der Waals surface area contributed by atoms with E-state index in [1.165, 1.54) is 0 Å². The molecule has 130 valence electrons. The van der Waals surface area contributed by atoms with Gasteiger partial charge in [-0.1, -0.05) is 26.0 Å². The summed E-state index contributed by atoms with van der Waals surface area (Å²) in [6, 6.07) is 7.86. The molecule has 0 unspecified atom stereocenters. The highest BCUT2D eigenvalue weighted by molar-refractivity contribution is 5.74. The molecule has 1 saturated heterocycles. The van der Waals surface area contributed by atoms with Gasteiger partial charge in [-0.25, -0.2) is 9.78 Å². The SMILES string of the molecule is CC(C)CCNC(=O)N1CCN(Cc2nc3ccccc3o2)CC1. The van der Waals surface area contributed by atoms with Gasteiger partial charge in [-0.05, 0) is 24.5 Å².